The van der Waals surface area contributed by atoms with Crippen LogP contribution in [0.25, 0.3) is 0 Å². The van der Waals surface area contributed by atoms with Crippen LogP contribution >= 0.6 is 0 Å². The van der Waals surface area contributed by atoms with Crippen molar-refractivity contribution in [2.75, 3.05) is 14.2 Å². The lowest BCUT2D eigenvalue weighted by Gasteiger charge is -2.25. The first-order chi connectivity index (χ1) is 12.6. The van der Waals surface area contributed by atoms with Crippen LogP contribution in [-0.4, -0.2) is 31.2 Å². The molecule has 2 amide bonds. The normalized spacial score (nSPS) is 16.4. The first-order valence-corrected chi connectivity index (χ1v) is 8.13. The summed E-state index contributed by atoms with van der Waals surface area (Å²) in [5, 5.41) is 11.9. The lowest BCUT2D eigenvalue weighted by Crippen LogP contribution is -2.29. The Morgan fingerprint density at radius 1 is 1.19 bits per heavy atom. The summed E-state index contributed by atoms with van der Waals surface area (Å²) >= 11 is 0. The van der Waals surface area contributed by atoms with E-state index < -0.39 is 17.9 Å². The van der Waals surface area contributed by atoms with Gasteiger partial charge in [0.05, 0.1) is 20.3 Å². The van der Waals surface area contributed by atoms with Gasteiger partial charge in [-0.1, -0.05) is 24.3 Å². The summed E-state index contributed by atoms with van der Waals surface area (Å²) in [6.07, 6.45) is -0.00867. The molecule has 0 spiro atoms. The quantitative estimate of drug-likeness (QED) is 0.544. The van der Waals surface area contributed by atoms with Crippen molar-refractivity contribution < 1.29 is 24.3 Å². The molecule has 0 bridgehead atoms. The molecular weight excluding hydrogens is 336 g/mol. The highest BCUT2D eigenvalue weighted by Crippen LogP contribution is 2.41. The van der Waals surface area contributed by atoms with E-state index in [-0.39, 0.29) is 12.3 Å². The Balaban J connectivity index is 2.04. The van der Waals surface area contributed by atoms with Crippen LogP contribution in [0.1, 0.15) is 39.9 Å². The maximum Gasteiger partial charge on any atom is 0.252 e. The SMILES string of the molecule is COc1ccc(C(CC(=O)NO)C2NC(=O)c3ccccc32)cc1OC. The number of hydroxylamine groups is 1. The molecule has 0 fully saturated rings. The predicted octanol–water partition coefficient (Wildman–Crippen LogP) is 2.17. The van der Waals surface area contributed by atoms with E-state index in [1.807, 2.05) is 18.2 Å². The van der Waals surface area contributed by atoms with Crippen LogP contribution in [0.2, 0.25) is 0 Å². The topological polar surface area (TPSA) is 96.9 Å². The van der Waals surface area contributed by atoms with Crippen LogP contribution in [0, 0.1) is 0 Å². The zero-order valence-electron chi connectivity index (χ0n) is 14.5. The largest absolute Gasteiger partial charge is 0.493 e. The minimum atomic E-state index is -0.539. The van der Waals surface area contributed by atoms with Crippen LogP contribution in [0.15, 0.2) is 42.5 Å². The second kappa shape index (κ2) is 7.45. The molecule has 26 heavy (non-hydrogen) atoms. The van der Waals surface area contributed by atoms with E-state index >= 15 is 0 Å². The monoisotopic (exact) mass is 356 g/mol. The van der Waals surface area contributed by atoms with Crippen LogP contribution < -0.4 is 20.3 Å². The van der Waals surface area contributed by atoms with Crippen molar-refractivity contribution in [3.63, 3.8) is 0 Å². The summed E-state index contributed by atoms with van der Waals surface area (Å²) in [5.74, 6) is -0.0204. The van der Waals surface area contributed by atoms with Gasteiger partial charge in [-0.15, -0.1) is 0 Å². The number of benzene rings is 2. The number of hydrogen-bond acceptors (Lipinski definition) is 5. The highest BCUT2D eigenvalue weighted by atomic mass is 16.5. The summed E-state index contributed by atoms with van der Waals surface area (Å²) in [5.41, 5.74) is 3.87. The summed E-state index contributed by atoms with van der Waals surface area (Å²) in [7, 11) is 3.07. The van der Waals surface area contributed by atoms with E-state index in [0.717, 1.165) is 11.1 Å². The smallest absolute Gasteiger partial charge is 0.252 e. The second-order valence-corrected chi connectivity index (χ2v) is 6.00. The van der Waals surface area contributed by atoms with Gasteiger partial charge in [-0.3, -0.25) is 14.8 Å². The summed E-state index contributed by atoms with van der Waals surface area (Å²) in [6, 6.07) is 12.2. The lowest BCUT2D eigenvalue weighted by molar-refractivity contribution is -0.129. The van der Waals surface area contributed by atoms with Gasteiger partial charge in [0.1, 0.15) is 0 Å². The molecule has 1 aliphatic rings. The fourth-order valence-electron chi connectivity index (χ4n) is 3.35. The standard InChI is InChI=1S/C19H20N2O5/c1-25-15-8-7-11(9-16(15)26-2)14(10-17(22)21-24)18-12-5-3-4-6-13(12)19(23)20-18/h3-9,14,18,24H,10H2,1-2H3,(H,20,23)(H,21,22). The Hall–Kier alpha value is -3.06. The molecule has 0 saturated carbocycles. The third-order valence-corrected chi connectivity index (χ3v) is 4.60. The summed E-state index contributed by atoms with van der Waals surface area (Å²) in [6.45, 7) is 0. The van der Waals surface area contributed by atoms with Crippen molar-refractivity contribution in [3.05, 3.63) is 59.2 Å². The van der Waals surface area contributed by atoms with Gasteiger partial charge in [0, 0.05) is 17.9 Å². The molecule has 3 N–H and O–H groups in total. The highest BCUT2D eigenvalue weighted by molar-refractivity contribution is 5.99. The van der Waals surface area contributed by atoms with Crippen molar-refractivity contribution in [2.24, 2.45) is 0 Å². The van der Waals surface area contributed by atoms with E-state index in [1.165, 1.54) is 7.11 Å². The van der Waals surface area contributed by atoms with Crippen molar-refractivity contribution in [3.8, 4) is 11.5 Å². The molecule has 0 aliphatic carbocycles. The molecule has 7 nitrogen and oxygen atoms in total. The highest BCUT2D eigenvalue weighted by Gasteiger charge is 2.36. The fourth-order valence-corrected chi connectivity index (χ4v) is 3.35. The molecule has 2 aromatic rings. The molecule has 0 saturated heterocycles. The number of carbonyl (C=O) groups excluding carboxylic acids is 2. The van der Waals surface area contributed by atoms with Crippen LogP contribution in [0.3, 0.4) is 0 Å². The molecule has 136 valence electrons. The van der Waals surface area contributed by atoms with Gasteiger partial charge in [0.25, 0.3) is 5.91 Å². The van der Waals surface area contributed by atoms with Gasteiger partial charge >= 0.3 is 0 Å². The fraction of sp³-hybridized carbons (Fsp3) is 0.263. The number of hydrogen-bond donors (Lipinski definition) is 3. The Morgan fingerprint density at radius 2 is 1.92 bits per heavy atom. The number of carbonyl (C=O) groups is 2. The van der Waals surface area contributed by atoms with Crippen molar-refractivity contribution in [1.29, 1.82) is 0 Å². The van der Waals surface area contributed by atoms with Gasteiger partial charge in [-0.2, -0.15) is 0 Å². The number of fused-ring (bicyclic) bond motifs is 1. The van der Waals surface area contributed by atoms with E-state index in [9.17, 15) is 9.59 Å². The molecule has 1 heterocycles. The lowest BCUT2D eigenvalue weighted by atomic mass is 9.84. The zero-order chi connectivity index (χ0) is 18.7. The van der Waals surface area contributed by atoms with E-state index in [2.05, 4.69) is 5.32 Å². The molecule has 0 radical (unpaired) electrons. The van der Waals surface area contributed by atoms with E-state index in [1.54, 1.807) is 36.9 Å². The van der Waals surface area contributed by atoms with Gasteiger partial charge < -0.3 is 14.8 Å². The van der Waals surface area contributed by atoms with E-state index in [4.69, 9.17) is 14.7 Å². The Morgan fingerprint density at radius 3 is 2.62 bits per heavy atom. The second-order valence-electron chi connectivity index (χ2n) is 6.00. The van der Waals surface area contributed by atoms with Gasteiger partial charge in [0.15, 0.2) is 11.5 Å². The van der Waals surface area contributed by atoms with Crippen LogP contribution in [-0.2, 0) is 4.79 Å². The summed E-state index contributed by atoms with van der Waals surface area (Å²) in [4.78, 5) is 24.2. The molecule has 3 rings (SSSR count). The van der Waals surface area contributed by atoms with Crippen molar-refractivity contribution in [2.45, 2.75) is 18.4 Å². The first-order valence-electron chi connectivity index (χ1n) is 8.13. The van der Waals surface area contributed by atoms with Crippen LogP contribution in [0.4, 0.5) is 0 Å². The minimum absolute atomic E-state index is 0.00867. The third kappa shape index (κ3) is 3.21. The number of rotatable bonds is 6. The van der Waals surface area contributed by atoms with Gasteiger partial charge in [-0.25, -0.2) is 5.48 Å². The van der Waals surface area contributed by atoms with Gasteiger partial charge in [-0.05, 0) is 29.3 Å². The molecule has 7 heteroatoms. The first kappa shape index (κ1) is 17.8. The van der Waals surface area contributed by atoms with Crippen molar-refractivity contribution >= 4 is 11.8 Å². The number of ether oxygens (including phenoxy) is 2. The third-order valence-electron chi connectivity index (χ3n) is 4.60. The van der Waals surface area contributed by atoms with Crippen molar-refractivity contribution in [1.82, 2.24) is 10.8 Å². The Labute approximate surface area is 150 Å². The maximum absolute atomic E-state index is 12.3. The number of methoxy groups -OCH3 is 2. The van der Waals surface area contributed by atoms with E-state index in [0.29, 0.717) is 17.1 Å². The summed E-state index contributed by atoms with van der Waals surface area (Å²) < 4.78 is 10.6. The zero-order valence-corrected chi connectivity index (χ0v) is 14.5. The Bertz CT molecular complexity index is 836. The molecule has 1 aliphatic heterocycles. The average Bonchev–Trinajstić information content (AvgIpc) is 3.02. The maximum atomic E-state index is 12.3. The molecule has 2 aromatic carbocycles. The molecular formula is C19H20N2O5. The molecule has 0 aromatic heterocycles. The molecule has 2 unspecified atom stereocenters. The Kier molecular flexibility index (Phi) is 5.09. The minimum Gasteiger partial charge on any atom is -0.493 e. The van der Waals surface area contributed by atoms with Gasteiger partial charge in [0.2, 0.25) is 5.91 Å². The predicted molar refractivity (Wildman–Crippen MR) is 93.5 cm³/mol. The molecule has 2 atom stereocenters. The number of nitrogens with one attached hydrogen (secondary N) is 2. The average molecular weight is 356 g/mol. The number of amides is 2. The van der Waals surface area contributed by atoms with Crippen LogP contribution in [0.5, 0.6) is 11.5 Å².